The van der Waals surface area contributed by atoms with E-state index in [1.807, 2.05) is 24.5 Å². The Balaban J connectivity index is 1.51. The molecule has 5 rings (SSSR count). The van der Waals surface area contributed by atoms with Crippen molar-refractivity contribution in [1.29, 1.82) is 0 Å². The molecule has 0 saturated carbocycles. The maximum absolute atomic E-state index is 4.11. The highest BCUT2D eigenvalue weighted by Crippen LogP contribution is 2.42. The fraction of sp³-hybridized carbons (Fsp3) is 0.0357. The number of benzene rings is 3. The summed E-state index contributed by atoms with van der Waals surface area (Å²) in [5.41, 5.74) is 10.3. The minimum atomic E-state index is 0.947. The van der Waals surface area contributed by atoms with Crippen LogP contribution in [0.5, 0.6) is 0 Å². The van der Waals surface area contributed by atoms with Crippen LogP contribution in [-0.4, -0.2) is 4.98 Å². The molecule has 4 aromatic rings. The Morgan fingerprint density at radius 2 is 1.03 bits per heavy atom. The predicted molar refractivity (Wildman–Crippen MR) is 122 cm³/mol. The molecule has 1 heteroatoms. The summed E-state index contributed by atoms with van der Waals surface area (Å²) in [5, 5.41) is 0. The van der Waals surface area contributed by atoms with Crippen molar-refractivity contribution in [3.63, 3.8) is 0 Å². The highest BCUT2D eigenvalue weighted by atomic mass is 14.6. The zero-order valence-corrected chi connectivity index (χ0v) is 16.1. The molecule has 1 heterocycles. The first kappa shape index (κ1) is 17.4. The van der Waals surface area contributed by atoms with Gasteiger partial charge in [-0.1, -0.05) is 84.9 Å². The third-order valence-electron chi connectivity index (χ3n) is 5.49. The van der Waals surface area contributed by atoms with Gasteiger partial charge in [-0.3, -0.25) is 4.98 Å². The van der Waals surface area contributed by atoms with E-state index in [9.17, 15) is 0 Å². The second kappa shape index (κ2) is 7.73. The molecule has 0 fully saturated rings. The number of hydrogen-bond donors (Lipinski definition) is 0. The van der Waals surface area contributed by atoms with Gasteiger partial charge in [0.2, 0.25) is 0 Å². The molecule has 1 aliphatic rings. The van der Waals surface area contributed by atoms with E-state index in [1.165, 1.54) is 44.5 Å². The largest absolute Gasteiger partial charge is 0.265 e. The molecule has 3 aromatic carbocycles. The number of nitrogens with zero attached hydrogens (tertiary/aromatic N) is 1. The second-order valence-electron chi connectivity index (χ2n) is 7.28. The van der Waals surface area contributed by atoms with Gasteiger partial charge >= 0.3 is 0 Å². The van der Waals surface area contributed by atoms with Crippen molar-refractivity contribution in [3.8, 4) is 11.1 Å². The zero-order valence-electron chi connectivity index (χ0n) is 16.1. The first-order valence-electron chi connectivity index (χ1n) is 9.94. The van der Waals surface area contributed by atoms with Gasteiger partial charge in [0.25, 0.3) is 0 Å². The summed E-state index contributed by atoms with van der Waals surface area (Å²) in [5.74, 6) is 0. The monoisotopic (exact) mass is 371 g/mol. The molecule has 0 unspecified atom stereocenters. The van der Waals surface area contributed by atoms with Crippen molar-refractivity contribution in [2.45, 2.75) is 6.42 Å². The van der Waals surface area contributed by atoms with Crippen LogP contribution in [0, 0.1) is 0 Å². The van der Waals surface area contributed by atoms with Crippen LogP contribution >= 0.6 is 0 Å². The smallest absolute Gasteiger partial charge is 0.0273 e. The molecule has 29 heavy (non-hydrogen) atoms. The lowest BCUT2D eigenvalue weighted by Crippen LogP contribution is -1.87. The normalized spacial score (nSPS) is 13.4. The molecule has 0 aliphatic heterocycles. The molecule has 0 spiro atoms. The van der Waals surface area contributed by atoms with E-state index in [4.69, 9.17) is 0 Å². The van der Waals surface area contributed by atoms with Crippen molar-refractivity contribution in [3.05, 3.63) is 132 Å². The van der Waals surface area contributed by atoms with Gasteiger partial charge in [-0.2, -0.15) is 0 Å². The molecule has 0 radical (unpaired) electrons. The van der Waals surface area contributed by atoms with Crippen molar-refractivity contribution < 1.29 is 0 Å². The minimum absolute atomic E-state index is 0.947. The van der Waals surface area contributed by atoms with Crippen LogP contribution in [0.4, 0.5) is 0 Å². The highest BCUT2D eigenvalue weighted by Gasteiger charge is 2.19. The van der Waals surface area contributed by atoms with E-state index >= 15 is 0 Å². The fourth-order valence-corrected chi connectivity index (χ4v) is 3.98. The fourth-order valence-electron chi connectivity index (χ4n) is 3.98. The molecular formula is C28H21N. The van der Waals surface area contributed by atoms with Gasteiger partial charge in [0.05, 0.1) is 0 Å². The van der Waals surface area contributed by atoms with Crippen molar-refractivity contribution >= 4 is 16.7 Å². The minimum Gasteiger partial charge on any atom is -0.265 e. The van der Waals surface area contributed by atoms with E-state index in [-0.39, 0.29) is 0 Å². The number of aromatic nitrogens is 1. The SMILES string of the molecule is C1=C(c2ccc(-c3ccncc3)cc2)CC(c2ccccc2)=C1c1ccccc1. The van der Waals surface area contributed by atoms with Crippen molar-refractivity contribution in [2.24, 2.45) is 0 Å². The lowest BCUT2D eigenvalue weighted by atomic mass is 9.95. The topological polar surface area (TPSA) is 12.9 Å². The number of rotatable bonds is 4. The first-order valence-corrected chi connectivity index (χ1v) is 9.94. The molecule has 0 atom stereocenters. The molecule has 1 aromatic heterocycles. The summed E-state index contributed by atoms with van der Waals surface area (Å²) in [6.07, 6.45) is 6.98. The third-order valence-corrected chi connectivity index (χ3v) is 5.49. The molecule has 1 aliphatic carbocycles. The summed E-state index contributed by atoms with van der Waals surface area (Å²) in [4.78, 5) is 4.11. The Labute approximate surface area is 171 Å². The molecule has 0 amide bonds. The Kier molecular flexibility index (Phi) is 4.63. The van der Waals surface area contributed by atoms with E-state index in [0.717, 1.165) is 6.42 Å². The average Bonchev–Trinajstić information content (AvgIpc) is 3.27. The van der Waals surface area contributed by atoms with E-state index in [2.05, 4.69) is 96.0 Å². The third kappa shape index (κ3) is 3.55. The molecule has 0 saturated heterocycles. The van der Waals surface area contributed by atoms with Gasteiger partial charge in [-0.05, 0) is 69.2 Å². The average molecular weight is 371 g/mol. The van der Waals surface area contributed by atoms with Crippen molar-refractivity contribution in [2.75, 3.05) is 0 Å². The maximum Gasteiger partial charge on any atom is 0.0273 e. The quantitative estimate of drug-likeness (QED) is 0.371. The summed E-state index contributed by atoms with van der Waals surface area (Å²) < 4.78 is 0. The standard InChI is InChI=1S/C28H21N/c1-3-7-24(8-4-1)27-19-26(20-28(27)25-9-5-2-6-10-25)22-13-11-21(12-14-22)23-15-17-29-18-16-23/h1-19H,20H2. The molecule has 0 bridgehead atoms. The van der Waals surface area contributed by atoms with Gasteiger partial charge in [0.15, 0.2) is 0 Å². The van der Waals surface area contributed by atoms with E-state index in [1.54, 1.807) is 0 Å². The van der Waals surface area contributed by atoms with Gasteiger partial charge in [-0.25, -0.2) is 0 Å². The summed E-state index contributed by atoms with van der Waals surface area (Å²) in [6.45, 7) is 0. The van der Waals surface area contributed by atoms with Crippen LogP contribution in [0.25, 0.3) is 27.8 Å². The lowest BCUT2D eigenvalue weighted by molar-refractivity contribution is 1.33. The molecule has 1 nitrogen and oxygen atoms in total. The van der Waals surface area contributed by atoms with Crippen LogP contribution in [-0.2, 0) is 0 Å². The summed E-state index contributed by atoms with van der Waals surface area (Å²) in [6, 6.07) is 34.4. The van der Waals surface area contributed by atoms with Crippen LogP contribution in [0.3, 0.4) is 0 Å². The van der Waals surface area contributed by atoms with Gasteiger partial charge in [0.1, 0.15) is 0 Å². The van der Waals surface area contributed by atoms with Gasteiger partial charge in [-0.15, -0.1) is 0 Å². The van der Waals surface area contributed by atoms with Crippen LogP contribution in [0.15, 0.2) is 116 Å². The number of pyridine rings is 1. The predicted octanol–water partition coefficient (Wildman–Crippen LogP) is 7.15. The Morgan fingerprint density at radius 1 is 0.483 bits per heavy atom. The molecular weight excluding hydrogens is 350 g/mol. The molecule has 138 valence electrons. The Morgan fingerprint density at radius 3 is 1.69 bits per heavy atom. The van der Waals surface area contributed by atoms with Gasteiger partial charge in [0, 0.05) is 12.4 Å². The number of allylic oxidation sites excluding steroid dienone is 4. The summed E-state index contributed by atoms with van der Waals surface area (Å²) in [7, 11) is 0. The second-order valence-corrected chi connectivity index (χ2v) is 7.28. The lowest BCUT2D eigenvalue weighted by Gasteiger charge is -2.09. The zero-order chi connectivity index (χ0) is 19.5. The highest BCUT2D eigenvalue weighted by molar-refractivity contribution is 6.06. The van der Waals surface area contributed by atoms with Gasteiger partial charge < -0.3 is 0 Å². The van der Waals surface area contributed by atoms with E-state index < -0.39 is 0 Å². The Bertz CT molecular complexity index is 1170. The van der Waals surface area contributed by atoms with Crippen molar-refractivity contribution in [1.82, 2.24) is 4.98 Å². The first-order chi connectivity index (χ1) is 14.4. The maximum atomic E-state index is 4.11. The van der Waals surface area contributed by atoms with Crippen LogP contribution in [0.2, 0.25) is 0 Å². The summed E-state index contributed by atoms with van der Waals surface area (Å²) >= 11 is 0. The van der Waals surface area contributed by atoms with Crippen LogP contribution < -0.4 is 0 Å². The Hall–Kier alpha value is -3.71. The van der Waals surface area contributed by atoms with E-state index in [0.29, 0.717) is 0 Å². The number of hydrogen-bond acceptors (Lipinski definition) is 1. The van der Waals surface area contributed by atoms with Crippen LogP contribution in [0.1, 0.15) is 23.1 Å². The molecule has 0 N–H and O–H groups in total.